The maximum atomic E-state index is 14.8. The quantitative estimate of drug-likeness (QED) is 0.472. The lowest BCUT2D eigenvalue weighted by molar-refractivity contribution is -0.158. The second-order valence-electron chi connectivity index (χ2n) is 9.04. The number of nitrogens with one attached hydrogen (secondary N) is 1. The van der Waals surface area contributed by atoms with Crippen molar-refractivity contribution in [3.63, 3.8) is 0 Å². The van der Waals surface area contributed by atoms with Crippen molar-refractivity contribution in [3.05, 3.63) is 53.6 Å². The topological polar surface area (TPSA) is 93.0 Å². The van der Waals surface area contributed by atoms with Crippen LogP contribution in [0.1, 0.15) is 48.8 Å². The minimum Gasteiger partial charge on any atom is -0.479 e. The lowest BCUT2D eigenvalue weighted by Gasteiger charge is -2.39. The molecular formula is C24H22F2N4O3. The van der Waals surface area contributed by atoms with Crippen molar-refractivity contribution in [1.82, 2.24) is 19.7 Å². The van der Waals surface area contributed by atoms with E-state index in [9.17, 15) is 18.7 Å². The van der Waals surface area contributed by atoms with Crippen LogP contribution in [0, 0.1) is 5.82 Å². The Labute approximate surface area is 187 Å². The van der Waals surface area contributed by atoms with Crippen molar-refractivity contribution in [2.75, 3.05) is 13.2 Å². The predicted octanol–water partition coefficient (Wildman–Crippen LogP) is 4.61. The van der Waals surface area contributed by atoms with Crippen molar-refractivity contribution in [2.24, 2.45) is 0 Å². The number of halogens is 2. The highest BCUT2D eigenvalue weighted by atomic mass is 19.1. The Morgan fingerprint density at radius 3 is 2.61 bits per heavy atom. The fraction of sp³-hybridized carbons (Fsp3) is 0.375. The first kappa shape index (κ1) is 20.3. The van der Waals surface area contributed by atoms with Crippen LogP contribution in [0.25, 0.3) is 27.8 Å². The lowest BCUT2D eigenvalue weighted by atomic mass is 9.68. The zero-order valence-electron chi connectivity index (χ0n) is 17.7. The number of benzene rings is 1. The fourth-order valence-corrected chi connectivity index (χ4v) is 5.35. The van der Waals surface area contributed by atoms with Crippen molar-refractivity contribution in [3.8, 4) is 5.69 Å². The SMILES string of the molecule is O=C(O)C1(F)CC(c2c(C3CCOCC3)n(-c3ccc(F)cc3)c3cc4cn[nH]c4nc23)C1. The van der Waals surface area contributed by atoms with Gasteiger partial charge in [0.15, 0.2) is 5.65 Å². The molecule has 2 fully saturated rings. The third kappa shape index (κ3) is 3.13. The third-order valence-corrected chi connectivity index (χ3v) is 7.04. The molecule has 1 saturated carbocycles. The van der Waals surface area contributed by atoms with Crippen LogP contribution in [0.15, 0.2) is 36.5 Å². The molecule has 3 aromatic heterocycles. The van der Waals surface area contributed by atoms with E-state index in [1.54, 1.807) is 18.3 Å². The van der Waals surface area contributed by atoms with E-state index in [0.717, 1.165) is 40.7 Å². The van der Waals surface area contributed by atoms with Gasteiger partial charge in [-0.25, -0.2) is 18.6 Å². The van der Waals surface area contributed by atoms with Gasteiger partial charge in [-0.15, -0.1) is 0 Å². The van der Waals surface area contributed by atoms with E-state index in [1.807, 2.05) is 6.07 Å². The average molecular weight is 452 g/mol. The molecule has 4 heterocycles. The van der Waals surface area contributed by atoms with Gasteiger partial charge in [0.05, 0.1) is 17.2 Å². The van der Waals surface area contributed by atoms with E-state index in [4.69, 9.17) is 9.72 Å². The summed E-state index contributed by atoms with van der Waals surface area (Å²) < 4.78 is 36.2. The number of hydrogen-bond acceptors (Lipinski definition) is 4. The van der Waals surface area contributed by atoms with Crippen molar-refractivity contribution in [2.45, 2.75) is 43.2 Å². The fourth-order valence-electron chi connectivity index (χ4n) is 5.35. The molecule has 1 aromatic carbocycles. The molecular weight excluding hydrogens is 430 g/mol. The summed E-state index contributed by atoms with van der Waals surface area (Å²) in [7, 11) is 0. The van der Waals surface area contributed by atoms with Gasteiger partial charge in [0.2, 0.25) is 5.67 Å². The van der Waals surface area contributed by atoms with Crippen LogP contribution in [-0.2, 0) is 9.53 Å². The number of H-pyrrole nitrogens is 1. The monoisotopic (exact) mass is 452 g/mol. The summed E-state index contributed by atoms with van der Waals surface area (Å²) >= 11 is 0. The maximum absolute atomic E-state index is 14.8. The third-order valence-electron chi connectivity index (χ3n) is 7.04. The van der Waals surface area contributed by atoms with Crippen LogP contribution in [0.2, 0.25) is 0 Å². The number of nitrogens with zero attached hydrogens (tertiary/aromatic N) is 3. The average Bonchev–Trinajstić information content (AvgIpc) is 3.38. The number of pyridine rings is 1. The summed E-state index contributed by atoms with van der Waals surface area (Å²) in [6.07, 6.45) is 3.08. The van der Waals surface area contributed by atoms with Crippen LogP contribution in [0.4, 0.5) is 8.78 Å². The number of hydrogen-bond donors (Lipinski definition) is 2. The Morgan fingerprint density at radius 2 is 1.91 bits per heavy atom. The molecule has 0 atom stereocenters. The first-order valence-corrected chi connectivity index (χ1v) is 11.1. The number of alkyl halides is 1. The number of ether oxygens (including phenoxy) is 1. The first-order valence-electron chi connectivity index (χ1n) is 11.1. The summed E-state index contributed by atoms with van der Waals surface area (Å²) in [6, 6.07) is 8.25. The minimum atomic E-state index is -2.22. The molecule has 170 valence electrons. The number of aromatic nitrogens is 4. The van der Waals surface area contributed by atoms with Crippen LogP contribution in [-0.4, -0.2) is 49.7 Å². The molecule has 1 saturated heterocycles. The van der Waals surface area contributed by atoms with Gasteiger partial charge in [-0.1, -0.05) is 0 Å². The van der Waals surface area contributed by atoms with E-state index in [-0.39, 0.29) is 30.5 Å². The summed E-state index contributed by atoms with van der Waals surface area (Å²) in [4.78, 5) is 16.3. The summed E-state index contributed by atoms with van der Waals surface area (Å²) in [5, 5.41) is 17.2. The minimum absolute atomic E-state index is 0.0935. The number of fused-ring (bicyclic) bond motifs is 2. The van der Waals surface area contributed by atoms with Crippen LogP contribution in [0.5, 0.6) is 0 Å². The molecule has 1 aliphatic heterocycles. The van der Waals surface area contributed by atoms with Crippen LogP contribution < -0.4 is 0 Å². The maximum Gasteiger partial charge on any atom is 0.341 e. The van der Waals surface area contributed by atoms with Gasteiger partial charge in [-0.2, -0.15) is 5.10 Å². The molecule has 0 radical (unpaired) electrons. The molecule has 2 N–H and O–H groups in total. The number of carboxylic acid groups (broad SMARTS) is 1. The summed E-state index contributed by atoms with van der Waals surface area (Å²) in [5.74, 6) is -1.90. The highest BCUT2D eigenvalue weighted by molar-refractivity contribution is 5.94. The number of rotatable bonds is 4. The van der Waals surface area contributed by atoms with E-state index >= 15 is 0 Å². The zero-order chi connectivity index (χ0) is 22.7. The van der Waals surface area contributed by atoms with Crippen LogP contribution >= 0.6 is 0 Å². The summed E-state index contributed by atoms with van der Waals surface area (Å²) in [6.45, 7) is 1.22. The molecule has 0 unspecified atom stereocenters. The molecule has 6 rings (SSSR count). The number of carbonyl (C=O) groups is 1. The largest absolute Gasteiger partial charge is 0.479 e. The Balaban J connectivity index is 1.64. The lowest BCUT2D eigenvalue weighted by Crippen LogP contribution is -2.45. The second-order valence-corrected chi connectivity index (χ2v) is 9.04. The molecule has 33 heavy (non-hydrogen) atoms. The van der Waals surface area contributed by atoms with E-state index in [0.29, 0.717) is 24.4 Å². The van der Waals surface area contributed by atoms with Gasteiger partial charge < -0.3 is 14.4 Å². The number of aromatic amines is 1. The molecule has 0 spiro atoms. The zero-order valence-corrected chi connectivity index (χ0v) is 17.7. The van der Waals surface area contributed by atoms with E-state index in [2.05, 4.69) is 14.8 Å². The smallest absolute Gasteiger partial charge is 0.341 e. The van der Waals surface area contributed by atoms with Gasteiger partial charge in [0.25, 0.3) is 0 Å². The molecule has 0 bridgehead atoms. The van der Waals surface area contributed by atoms with Crippen molar-refractivity contribution < 1.29 is 23.4 Å². The molecule has 2 aliphatic rings. The van der Waals surface area contributed by atoms with E-state index in [1.165, 1.54) is 12.1 Å². The van der Waals surface area contributed by atoms with Gasteiger partial charge in [-0.05, 0) is 61.9 Å². The molecule has 1 aliphatic carbocycles. The Hall–Kier alpha value is -3.33. The molecule has 0 amide bonds. The van der Waals surface area contributed by atoms with Crippen LogP contribution in [0.3, 0.4) is 0 Å². The van der Waals surface area contributed by atoms with Gasteiger partial charge in [0.1, 0.15) is 5.82 Å². The first-order chi connectivity index (χ1) is 15.9. The highest BCUT2D eigenvalue weighted by Crippen LogP contribution is 2.53. The Kier molecular flexibility index (Phi) is 4.52. The molecule has 9 heteroatoms. The highest BCUT2D eigenvalue weighted by Gasteiger charge is 2.53. The van der Waals surface area contributed by atoms with E-state index < -0.39 is 11.6 Å². The second kappa shape index (κ2) is 7.34. The van der Waals surface area contributed by atoms with Gasteiger partial charge in [0, 0.05) is 41.5 Å². The summed E-state index contributed by atoms with van der Waals surface area (Å²) in [5.41, 5.74) is 2.57. The Morgan fingerprint density at radius 1 is 1.18 bits per heavy atom. The standard InChI is InChI=1S/C24H22F2N4O3/c25-16-1-3-17(4-2-16)30-18-9-14-12-27-29-22(14)28-20(18)19(15-10-24(26,11-15)23(31)32)21(30)13-5-7-33-8-6-13/h1-4,9,12-13,15H,5-8,10-11H2,(H,31,32)(H,27,28,29). The van der Waals surface area contributed by atoms with Gasteiger partial charge >= 0.3 is 5.97 Å². The van der Waals surface area contributed by atoms with Crippen molar-refractivity contribution in [1.29, 1.82) is 0 Å². The van der Waals surface area contributed by atoms with Crippen molar-refractivity contribution >= 4 is 28.0 Å². The van der Waals surface area contributed by atoms with Gasteiger partial charge in [-0.3, -0.25) is 5.10 Å². The predicted molar refractivity (Wildman–Crippen MR) is 117 cm³/mol. The normalized spacial score (nSPS) is 23.8. The number of carboxylic acids is 1. The molecule has 4 aromatic rings. The molecule has 7 nitrogen and oxygen atoms in total. The Bertz CT molecular complexity index is 1370. The number of aliphatic carboxylic acids is 1.